The van der Waals surface area contributed by atoms with E-state index in [0.29, 0.717) is 28.1 Å². The Balaban J connectivity index is 1.87. The molecule has 0 radical (unpaired) electrons. The summed E-state index contributed by atoms with van der Waals surface area (Å²) in [6, 6.07) is 12.3. The first-order valence-electron chi connectivity index (χ1n) is 11.8. The number of carbonyl (C=O) groups excluding carboxylic acids is 2. The van der Waals surface area contributed by atoms with E-state index in [0.717, 1.165) is 0 Å². The first kappa shape index (κ1) is 29.0. The van der Waals surface area contributed by atoms with E-state index in [1.54, 1.807) is 31.2 Å². The van der Waals surface area contributed by atoms with E-state index < -0.39 is 22.9 Å². The Morgan fingerprint density at radius 3 is 2.39 bits per heavy atom. The lowest BCUT2D eigenvalue weighted by Crippen LogP contribution is -2.31. The molecule has 1 amide bonds. The Labute approximate surface area is 225 Å². The maximum atomic E-state index is 13.7. The second-order valence-electron chi connectivity index (χ2n) is 9.79. The number of methoxy groups -OCH3 is 1. The molecule has 1 atom stereocenters. The molecule has 10 heteroatoms. The second kappa shape index (κ2) is 11.5. The maximum absolute atomic E-state index is 13.7. The number of ketones is 1. The molecule has 0 saturated carbocycles. The van der Waals surface area contributed by atoms with Crippen molar-refractivity contribution in [2.45, 2.75) is 44.8 Å². The van der Waals surface area contributed by atoms with Crippen LogP contribution in [-0.2, 0) is 15.9 Å². The zero-order valence-electron chi connectivity index (χ0n) is 21.7. The van der Waals surface area contributed by atoms with Gasteiger partial charge in [-0.2, -0.15) is 0 Å². The lowest BCUT2D eigenvalue weighted by molar-refractivity contribution is -0.119. The van der Waals surface area contributed by atoms with E-state index in [4.69, 9.17) is 32.5 Å². The summed E-state index contributed by atoms with van der Waals surface area (Å²) in [5.41, 5.74) is 11.6. The van der Waals surface area contributed by atoms with Gasteiger partial charge < -0.3 is 26.0 Å². The Hall–Kier alpha value is -3.53. The molecule has 1 heterocycles. The largest absolute Gasteiger partial charge is 0.493 e. The Kier molecular flexibility index (Phi) is 8.76. The van der Waals surface area contributed by atoms with E-state index in [-0.39, 0.29) is 41.8 Å². The minimum Gasteiger partial charge on any atom is -0.493 e. The standard InChI is InChI=1S/C28H31ClFN3O5/c1-27(2,32)18-13-21(16-5-7-20(30)19(29)11-16)33-25(14-18)28(3,36)10-9-22(34)17-6-8-23(24(12-17)37-4)38-15-26(31)35/h5-8,11-14,36H,9-10,15,32H2,1-4H3,(H2,31,35)/t28-/m1/s1. The molecule has 0 aliphatic rings. The van der Waals surface area contributed by atoms with Crippen LogP contribution in [0.25, 0.3) is 11.3 Å². The predicted molar refractivity (Wildman–Crippen MR) is 143 cm³/mol. The monoisotopic (exact) mass is 543 g/mol. The van der Waals surface area contributed by atoms with Crippen LogP contribution in [0.3, 0.4) is 0 Å². The minimum atomic E-state index is -1.50. The number of rotatable bonds is 11. The van der Waals surface area contributed by atoms with Crippen molar-refractivity contribution in [3.8, 4) is 22.8 Å². The summed E-state index contributed by atoms with van der Waals surface area (Å²) < 4.78 is 24.3. The lowest BCUT2D eigenvalue weighted by Gasteiger charge is -2.27. The van der Waals surface area contributed by atoms with Gasteiger partial charge in [0.05, 0.1) is 23.5 Å². The number of nitrogens with two attached hydrogens (primary N) is 2. The normalized spacial score (nSPS) is 13.1. The molecule has 0 aliphatic carbocycles. The van der Waals surface area contributed by atoms with Crippen molar-refractivity contribution < 1.29 is 28.6 Å². The summed E-state index contributed by atoms with van der Waals surface area (Å²) in [7, 11) is 1.41. The van der Waals surface area contributed by atoms with Crippen molar-refractivity contribution >= 4 is 23.3 Å². The van der Waals surface area contributed by atoms with Crippen LogP contribution in [0.1, 0.15) is 55.2 Å². The molecule has 8 nitrogen and oxygen atoms in total. The van der Waals surface area contributed by atoms with Gasteiger partial charge in [-0.25, -0.2) is 9.37 Å². The molecule has 38 heavy (non-hydrogen) atoms. The number of Topliss-reactive ketones (excluding diaryl/α,β-unsaturated/α-hetero) is 1. The highest BCUT2D eigenvalue weighted by Crippen LogP contribution is 2.34. The van der Waals surface area contributed by atoms with Crippen LogP contribution in [0.2, 0.25) is 5.02 Å². The number of carbonyl (C=O) groups is 2. The van der Waals surface area contributed by atoms with Gasteiger partial charge in [0.25, 0.3) is 5.91 Å². The van der Waals surface area contributed by atoms with Gasteiger partial charge >= 0.3 is 0 Å². The number of hydrogen-bond donors (Lipinski definition) is 3. The van der Waals surface area contributed by atoms with Crippen LogP contribution in [0.15, 0.2) is 48.5 Å². The molecule has 0 bridgehead atoms. The van der Waals surface area contributed by atoms with Gasteiger partial charge in [-0.3, -0.25) is 9.59 Å². The highest BCUT2D eigenvalue weighted by atomic mass is 35.5. The SMILES string of the molecule is COc1cc(C(=O)CC[C@@](C)(O)c2cc(C(C)(C)N)cc(-c3ccc(F)c(Cl)c3)n2)ccc1OCC(N)=O. The van der Waals surface area contributed by atoms with Crippen molar-refractivity contribution in [2.24, 2.45) is 11.5 Å². The quantitative estimate of drug-likeness (QED) is 0.303. The molecular weight excluding hydrogens is 513 g/mol. The molecule has 0 aliphatic heterocycles. The van der Waals surface area contributed by atoms with Gasteiger partial charge in [0.15, 0.2) is 23.9 Å². The van der Waals surface area contributed by atoms with Crippen LogP contribution in [0.4, 0.5) is 4.39 Å². The van der Waals surface area contributed by atoms with Crippen LogP contribution in [0.5, 0.6) is 11.5 Å². The molecule has 1 aromatic heterocycles. The van der Waals surface area contributed by atoms with E-state index in [1.807, 2.05) is 13.8 Å². The number of halogens is 2. The molecule has 3 aromatic rings. The zero-order chi connectivity index (χ0) is 28.3. The van der Waals surface area contributed by atoms with Gasteiger partial charge in [0.1, 0.15) is 11.4 Å². The predicted octanol–water partition coefficient (Wildman–Crippen LogP) is 4.48. The number of hydrogen-bond acceptors (Lipinski definition) is 7. The third-order valence-corrected chi connectivity index (χ3v) is 6.32. The summed E-state index contributed by atoms with van der Waals surface area (Å²) in [5.74, 6) is -0.901. The first-order valence-corrected chi connectivity index (χ1v) is 12.2. The van der Waals surface area contributed by atoms with Crippen molar-refractivity contribution in [1.82, 2.24) is 4.98 Å². The second-order valence-corrected chi connectivity index (χ2v) is 10.2. The van der Waals surface area contributed by atoms with E-state index in [2.05, 4.69) is 4.98 Å². The number of ether oxygens (including phenoxy) is 2. The smallest absolute Gasteiger partial charge is 0.255 e. The Morgan fingerprint density at radius 2 is 1.79 bits per heavy atom. The topological polar surface area (TPSA) is 138 Å². The Morgan fingerprint density at radius 1 is 1.08 bits per heavy atom. The fourth-order valence-electron chi connectivity index (χ4n) is 3.72. The van der Waals surface area contributed by atoms with Crippen molar-refractivity contribution in [2.75, 3.05) is 13.7 Å². The maximum Gasteiger partial charge on any atom is 0.255 e. The number of pyridine rings is 1. The fraction of sp³-hybridized carbons (Fsp3) is 0.321. The first-order chi connectivity index (χ1) is 17.7. The van der Waals surface area contributed by atoms with Gasteiger partial charge in [-0.15, -0.1) is 0 Å². The number of nitrogens with zero attached hydrogens (tertiary/aromatic N) is 1. The molecule has 0 unspecified atom stereocenters. The number of primary amides is 1. The molecule has 202 valence electrons. The van der Waals surface area contributed by atoms with E-state index >= 15 is 0 Å². The average Bonchev–Trinajstić information content (AvgIpc) is 2.86. The van der Waals surface area contributed by atoms with Crippen LogP contribution in [-0.4, -0.2) is 35.5 Å². The molecular formula is C28H31ClFN3O5. The summed E-state index contributed by atoms with van der Waals surface area (Å²) in [5, 5.41) is 11.3. The molecule has 3 rings (SSSR count). The summed E-state index contributed by atoms with van der Waals surface area (Å²) in [6.07, 6.45) is 0.0480. The number of amides is 1. The van der Waals surface area contributed by atoms with Crippen molar-refractivity contribution in [3.05, 3.63) is 76.2 Å². The highest BCUT2D eigenvalue weighted by Gasteiger charge is 2.29. The van der Waals surface area contributed by atoms with Gasteiger partial charge in [-0.05, 0) is 81.3 Å². The van der Waals surface area contributed by atoms with Gasteiger partial charge in [0.2, 0.25) is 0 Å². The van der Waals surface area contributed by atoms with Crippen molar-refractivity contribution in [3.63, 3.8) is 0 Å². The number of benzene rings is 2. The van der Waals surface area contributed by atoms with E-state index in [9.17, 15) is 19.1 Å². The Bertz CT molecular complexity index is 1350. The highest BCUT2D eigenvalue weighted by molar-refractivity contribution is 6.31. The summed E-state index contributed by atoms with van der Waals surface area (Å²) in [6.45, 7) is 4.87. The zero-order valence-corrected chi connectivity index (χ0v) is 22.4. The summed E-state index contributed by atoms with van der Waals surface area (Å²) >= 11 is 5.98. The average molecular weight is 544 g/mol. The van der Waals surface area contributed by atoms with Crippen LogP contribution in [0, 0.1) is 5.82 Å². The van der Waals surface area contributed by atoms with Crippen molar-refractivity contribution in [1.29, 1.82) is 0 Å². The van der Waals surface area contributed by atoms with Gasteiger partial charge in [-0.1, -0.05) is 11.6 Å². The lowest BCUT2D eigenvalue weighted by atomic mass is 9.88. The van der Waals surface area contributed by atoms with Gasteiger partial charge in [0, 0.05) is 23.1 Å². The number of aliphatic hydroxyl groups is 1. The molecule has 0 fully saturated rings. The van der Waals surface area contributed by atoms with Crippen LogP contribution >= 0.6 is 11.6 Å². The minimum absolute atomic E-state index is 0.00667. The fourth-order valence-corrected chi connectivity index (χ4v) is 3.90. The summed E-state index contributed by atoms with van der Waals surface area (Å²) in [4.78, 5) is 28.6. The third kappa shape index (κ3) is 7.06. The third-order valence-electron chi connectivity index (χ3n) is 6.03. The molecule has 5 N–H and O–H groups in total. The van der Waals surface area contributed by atoms with E-state index in [1.165, 1.54) is 31.4 Å². The number of aromatic nitrogens is 1. The molecule has 0 saturated heterocycles. The molecule has 0 spiro atoms. The molecule has 2 aromatic carbocycles. The van der Waals surface area contributed by atoms with Crippen LogP contribution < -0.4 is 20.9 Å².